The number of anilines is 1. The molecule has 1 aliphatic heterocycles. The second kappa shape index (κ2) is 9.59. The Labute approximate surface area is 194 Å². The minimum Gasteiger partial charge on any atom is -0.351 e. The molecule has 170 valence electrons. The molecule has 1 saturated heterocycles. The Morgan fingerprint density at radius 2 is 1.97 bits per heavy atom. The molecule has 11 heteroatoms. The molecular weight excluding hydrogens is 443 g/mol. The van der Waals surface area contributed by atoms with Crippen molar-refractivity contribution in [3.05, 3.63) is 71.7 Å². The Morgan fingerprint density at radius 1 is 1.15 bits per heavy atom. The number of halogens is 1. The van der Waals surface area contributed by atoms with Gasteiger partial charge in [0.05, 0.1) is 6.20 Å². The number of rotatable bonds is 7. The Bertz CT molecular complexity index is 1230. The van der Waals surface area contributed by atoms with Crippen LogP contribution in [-0.2, 0) is 6.42 Å². The normalized spacial score (nSPS) is 14.6. The van der Waals surface area contributed by atoms with Crippen molar-refractivity contribution >= 4 is 28.2 Å². The van der Waals surface area contributed by atoms with E-state index >= 15 is 0 Å². The first kappa shape index (κ1) is 21.4. The molecule has 1 N–H and O–H groups in total. The van der Waals surface area contributed by atoms with Crippen LogP contribution in [0.5, 0.6) is 0 Å². The van der Waals surface area contributed by atoms with Crippen molar-refractivity contribution in [3.63, 3.8) is 0 Å². The molecule has 1 amide bonds. The van der Waals surface area contributed by atoms with Gasteiger partial charge in [0.1, 0.15) is 17.2 Å². The quantitative estimate of drug-likeness (QED) is 0.445. The van der Waals surface area contributed by atoms with Crippen LogP contribution in [0, 0.1) is 5.82 Å². The van der Waals surface area contributed by atoms with Gasteiger partial charge in [0, 0.05) is 69.6 Å². The molecule has 33 heavy (non-hydrogen) atoms. The van der Waals surface area contributed by atoms with E-state index < -0.39 is 0 Å². The number of benzene rings is 1. The van der Waals surface area contributed by atoms with E-state index in [9.17, 15) is 9.18 Å². The Hall–Kier alpha value is -3.44. The van der Waals surface area contributed by atoms with Gasteiger partial charge in [0.25, 0.3) is 5.91 Å². The first-order valence-corrected chi connectivity index (χ1v) is 11.5. The Balaban J connectivity index is 1.07. The number of carbonyl (C=O) groups excluding carboxylic acids is 1. The summed E-state index contributed by atoms with van der Waals surface area (Å²) in [5, 5.41) is 8.04. The van der Waals surface area contributed by atoms with Gasteiger partial charge in [-0.2, -0.15) is 9.47 Å². The van der Waals surface area contributed by atoms with Crippen molar-refractivity contribution in [3.8, 4) is 0 Å². The highest BCUT2D eigenvalue weighted by molar-refractivity contribution is 7.09. The van der Waals surface area contributed by atoms with Gasteiger partial charge in [-0.1, -0.05) is 12.1 Å². The standard InChI is InChI=1S/C22H23FN8OS/c23-17-4-2-16(3-5-17)14-19-27-22(33-28-19)30-12-10-29(11-13-30)9-7-25-21(32)18-15-26-31-8-1-6-24-20(18)31/h1-6,8,15H,7,9-14H2,(H,25,32). The maximum atomic E-state index is 13.1. The molecule has 0 bridgehead atoms. The Kier molecular flexibility index (Phi) is 6.22. The van der Waals surface area contributed by atoms with Crippen LogP contribution in [0.1, 0.15) is 21.7 Å². The highest BCUT2D eigenvalue weighted by Crippen LogP contribution is 2.20. The van der Waals surface area contributed by atoms with E-state index in [1.165, 1.54) is 23.7 Å². The van der Waals surface area contributed by atoms with Crippen LogP contribution in [0.4, 0.5) is 9.52 Å². The van der Waals surface area contributed by atoms with Crippen LogP contribution in [0.25, 0.3) is 5.65 Å². The number of nitrogens with zero attached hydrogens (tertiary/aromatic N) is 7. The third-order valence-corrected chi connectivity index (χ3v) is 6.43. The summed E-state index contributed by atoms with van der Waals surface area (Å²) in [4.78, 5) is 25.9. The number of nitrogens with one attached hydrogen (secondary N) is 1. The predicted molar refractivity (Wildman–Crippen MR) is 123 cm³/mol. The monoisotopic (exact) mass is 466 g/mol. The van der Waals surface area contributed by atoms with Crippen LogP contribution < -0.4 is 10.2 Å². The first-order valence-electron chi connectivity index (χ1n) is 10.8. The molecule has 5 rings (SSSR count). The van der Waals surface area contributed by atoms with E-state index in [4.69, 9.17) is 0 Å². The highest BCUT2D eigenvalue weighted by atomic mass is 32.1. The van der Waals surface area contributed by atoms with E-state index in [1.807, 2.05) is 0 Å². The van der Waals surface area contributed by atoms with Crippen molar-refractivity contribution in [1.82, 2.24) is 34.2 Å². The molecule has 9 nitrogen and oxygen atoms in total. The van der Waals surface area contributed by atoms with Crippen molar-refractivity contribution in [2.24, 2.45) is 0 Å². The number of amides is 1. The lowest BCUT2D eigenvalue weighted by molar-refractivity contribution is 0.0949. The summed E-state index contributed by atoms with van der Waals surface area (Å²) in [5.41, 5.74) is 2.03. The molecule has 4 heterocycles. The Morgan fingerprint density at radius 3 is 2.79 bits per heavy atom. The summed E-state index contributed by atoms with van der Waals surface area (Å²) in [7, 11) is 0. The molecule has 0 unspecified atom stereocenters. The average Bonchev–Trinajstić information content (AvgIpc) is 3.48. The fourth-order valence-corrected chi connectivity index (χ4v) is 4.54. The lowest BCUT2D eigenvalue weighted by Crippen LogP contribution is -2.48. The van der Waals surface area contributed by atoms with Crippen molar-refractivity contribution in [1.29, 1.82) is 0 Å². The van der Waals surface area contributed by atoms with Crippen LogP contribution in [-0.4, -0.2) is 74.0 Å². The van der Waals surface area contributed by atoms with E-state index in [1.54, 1.807) is 41.3 Å². The molecule has 1 aromatic carbocycles. The number of hydrogen-bond donors (Lipinski definition) is 1. The van der Waals surface area contributed by atoms with Crippen LogP contribution >= 0.6 is 11.5 Å². The van der Waals surface area contributed by atoms with Crippen molar-refractivity contribution in [2.75, 3.05) is 44.2 Å². The number of aromatic nitrogens is 5. The lowest BCUT2D eigenvalue weighted by atomic mass is 10.1. The molecule has 3 aromatic heterocycles. The topological polar surface area (TPSA) is 91.5 Å². The molecule has 0 radical (unpaired) electrons. The molecule has 0 aliphatic carbocycles. The average molecular weight is 467 g/mol. The summed E-state index contributed by atoms with van der Waals surface area (Å²) in [6.07, 6.45) is 5.56. The summed E-state index contributed by atoms with van der Waals surface area (Å²) >= 11 is 1.40. The zero-order chi connectivity index (χ0) is 22.6. The molecule has 1 aliphatic rings. The maximum Gasteiger partial charge on any atom is 0.256 e. The van der Waals surface area contributed by atoms with Gasteiger partial charge in [-0.05, 0) is 23.8 Å². The van der Waals surface area contributed by atoms with E-state index in [-0.39, 0.29) is 11.7 Å². The zero-order valence-electron chi connectivity index (χ0n) is 17.9. The van der Waals surface area contributed by atoms with Crippen molar-refractivity contribution < 1.29 is 9.18 Å². The predicted octanol–water partition coefficient (Wildman–Crippen LogP) is 1.86. The third kappa shape index (κ3) is 4.99. The fraction of sp³-hybridized carbons (Fsp3) is 0.318. The van der Waals surface area contributed by atoms with E-state index in [2.05, 4.69) is 34.6 Å². The van der Waals surface area contributed by atoms with Gasteiger partial charge < -0.3 is 10.2 Å². The number of piperazine rings is 1. The van der Waals surface area contributed by atoms with Gasteiger partial charge in [-0.3, -0.25) is 9.69 Å². The minimum atomic E-state index is -0.240. The second-order valence-corrected chi connectivity index (χ2v) is 8.56. The molecular formula is C22H23FN8OS. The SMILES string of the molecule is O=C(NCCN1CCN(c2nc(Cc3ccc(F)cc3)ns2)CC1)c1cnn2cccnc12. The van der Waals surface area contributed by atoms with Crippen LogP contribution in [0.15, 0.2) is 48.9 Å². The summed E-state index contributed by atoms with van der Waals surface area (Å²) < 4.78 is 19.1. The minimum absolute atomic E-state index is 0.162. The maximum absolute atomic E-state index is 13.1. The van der Waals surface area contributed by atoms with E-state index in [0.29, 0.717) is 24.2 Å². The van der Waals surface area contributed by atoms with Crippen LogP contribution in [0.3, 0.4) is 0 Å². The number of fused-ring (bicyclic) bond motifs is 1. The summed E-state index contributed by atoms with van der Waals surface area (Å²) in [5.74, 6) is 0.356. The van der Waals surface area contributed by atoms with Gasteiger partial charge in [0.2, 0.25) is 5.13 Å². The molecule has 4 aromatic rings. The highest BCUT2D eigenvalue weighted by Gasteiger charge is 2.20. The van der Waals surface area contributed by atoms with E-state index in [0.717, 1.165) is 49.2 Å². The van der Waals surface area contributed by atoms with Crippen LogP contribution in [0.2, 0.25) is 0 Å². The van der Waals surface area contributed by atoms with Gasteiger partial charge in [-0.15, -0.1) is 0 Å². The largest absolute Gasteiger partial charge is 0.351 e. The van der Waals surface area contributed by atoms with Gasteiger partial charge in [-0.25, -0.2) is 18.9 Å². The zero-order valence-corrected chi connectivity index (χ0v) is 18.7. The number of hydrogen-bond acceptors (Lipinski definition) is 8. The molecule has 0 saturated carbocycles. The number of carbonyl (C=O) groups is 1. The van der Waals surface area contributed by atoms with Crippen molar-refractivity contribution in [2.45, 2.75) is 6.42 Å². The van der Waals surface area contributed by atoms with Gasteiger partial charge in [0.15, 0.2) is 5.65 Å². The second-order valence-electron chi connectivity index (χ2n) is 7.83. The molecule has 0 atom stereocenters. The van der Waals surface area contributed by atoms with Gasteiger partial charge >= 0.3 is 0 Å². The molecule has 1 fully saturated rings. The molecule has 0 spiro atoms. The summed E-state index contributed by atoms with van der Waals surface area (Å²) in [6, 6.07) is 8.22. The lowest BCUT2D eigenvalue weighted by Gasteiger charge is -2.34. The summed E-state index contributed by atoms with van der Waals surface area (Å²) in [6.45, 7) is 4.83. The third-order valence-electron chi connectivity index (χ3n) is 5.61. The fourth-order valence-electron chi connectivity index (χ4n) is 3.80. The smallest absolute Gasteiger partial charge is 0.256 e. The first-order chi connectivity index (χ1) is 16.2.